The fraction of sp³-hybridized carbons (Fsp3) is 0.167. The molecule has 164 valence electrons. The molecule has 1 amide bonds. The maximum absolute atomic E-state index is 14.0. The fourth-order valence-electron chi connectivity index (χ4n) is 2.73. The number of aromatic nitrogens is 3. The molecule has 0 unspecified atom stereocenters. The molecule has 0 aliphatic rings. The molecule has 13 heteroatoms. The largest absolute Gasteiger partial charge is 0.435 e. The highest BCUT2D eigenvalue weighted by Gasteiger charge is 2.43. The van der Waals surface area contributed by atoms with Crippen molar-refractivity contribution in [1.82, 2.24) is 19.7 Å². The highest BCUT2D eigenvalue weighted by Crippen LogP contribution is 2.33. The van der Waals surface area contributed by atoms with Gasteiger partial charge in [0.1, 0.15) is 11.5 Å². The normalized spacial score (nSPS) is 12.1. The van der Waals surface area contributed by atoms with Crippen LogP contribution in [0.2, 0.25) is 0 Å². The standard InChI is InChI=1S/C18H13F5N4O3S/c1-9-3-4-10(2)14(7-9)31(29,30)25-17(28)15-16(18(21,22)23)27(26-24-15)13-6-5-11(19)8-12(13)20/h3-8H,1-2H3,(H,25,28). The van der Waals surface area contributed by atoms with Gasteiger partial charge in [-0.25, -0.2) is 26.6 Å². The van der Waals surface area contributed by atoms with E-state index in [4.69, 9.17) is 0 Å². The van der Waals surface area contributed by atoms with Gasteiger partial charge in [0.25, 0.3) is 15.9 Å². The molecule has 0 bridgehead atoms. The highest BCUT2D eigenvalue weighted by molar-refractivity contribution is 7.90. The summed E-state index contributed by atoms with van der Waals surface area (Å²) in [7, 11) is -4.56. The van der Waals surface area contributed by atoms with Crippen LogP contribution >= 0.6 is 0 Å². The Kier molecular flexibility index (Phi) is 5.56. The van der Waals surface area contributed by atoms with Gasteiger partial charge >= 0.3 is 6.18 Å². The van der Waals surface area contributed by atoms with E-state index in [0.717, 1.165) is 0 Å². The summed E-state index contributed by atoms with van der Waals surface area (Å²) in [6.07, 6.45) is -5.28. The number of hydrogen-bond acceptors (Lipinski definition) is 5. The summed E-state index contributed by atoms with van der Waals surface area (Å²) < 4.78 is 94.6. The van der Waals surface area contributed by atoms with Crippen LogP contribution in [-0.4, -0.2) is 29.3 Å². The first-order chi connectivity index (χ1) is 14.3. The minimum atomic E-state index is -5.28. The average molecular weight is 460 g/mol. The minimum absolute atomic E-state index is 0.0474. The monoisotopic (exact) mass is 460 g/mol. The molecular weight excluding hydrogens is 447 g/mol. The quantitative estimate of drug-likeness (QED) is 0.603. The van der Waals surface area contributed by atoms with E-state index >= 15 is 0 Å². The highest BCUT2D eigenvalue weighted by atomic mass is 32.2. The molecule has 0 aliphatic heterocycles. The number of nitrogens with zero attached hydrogens (tertiary/aromatic N) is 3. The molecule has 1 heterocycles. The first kappa shape index (κ1) is 22.3. The maximum atomic E-state index is 14.0. The van der Waals surface area contributed by atoms with Gasteiger partial charge in [-0.15, -0.1) is 5.10 Å². The molecule has 1 aromatic heterocycles. The zero-order valence-corrected chi connectivity index (χ0v) is 16.6. The molecule has 3 aromatic rings. The predicted molar refractivity (Wildman–Crippen MR) is 96.8 cm³/mol. The van der Waals surface area contributed by atoms with Gasteiger partial charge in [-0.3, -0.25) is 4.79 Å². The Balaban J connectivity index is 2.08. The number of carbonyl (C=O) groups is 1. The van der Waals surface area contributed by atoms with Gasteiger partial charge in [0, 0.05) is 6.07 Å². The van der Waals surface area contributed by atoms with E-state index in [-0.39, 0.29) is 15.1 Å². The van der Waals surface area contributed by atoms with Crippen LogP contribution in [0.25, 0.3) is 5.69 Å². The zero-order chi connectivity index (χ0) is 23.1. The number of sulfonamides is 1. The summed E-state index contributed by atoms with van der Waals surface area (Å²) in [5.74, 6) is -4.17. The van der Waals surface area contributed by atoms with Crippen LogP contribution in [0.15, 0.2) is 41.3 Å². The summed E-state index contributed by atoms with van der Waals surface area (Å²) >= 11 is 0. The fourth-order valence-corrected chi connectivity index (χ4v) is 4.02. The van der Waals surface area contributed by atoms with Crippen LogP contribution in [-0.2, 0) is 16.2 Å². The lowest BCUT2D eigenvalue weighted by Crippen LogP contribution is -2.33. The van der Waals surface area contributed by atoms with E-state index in [2.05, 4.69) is 10.3 Å². The van der Waals surface area contributed by atoms with Crippen molar-refractivity contribution < 1.29 is 35.2 Å². The molecular formula is C18H13F5N4O3S. The summed E-state index contributed by atoms with van der Waals surface area (Å²) in [5, 5.41) is 6.22. The second kappa shape index (κ2) is 7.72. The molecule has 1 N–H and O–H groups in total. The van der Waals surface area contributed by atoms with Gasteiger partial charge in [-0.05, 0) is 43.2 Å². The second-order valence-corrected chi connectivity index (χ2v) is 8.15. The Morgan fingerprint density at radius 2 is 1.74 bits per heavy atom. The van der Waals surface area contributed by atoms with Crippen LogP contribution in [0.5, 0.6) is 0 Å². The average Bonchev–Trinajstić information content (AvgIpc) is 3.08. The molecule has 3 rings (SSSR count). The summed E-state index contributed by atoms with van der Waals surface area (Å²) in [6.45, 7) is 3.03. The number of amides is 1. The number of alkyl halides is 3. The number of rotatable bonds is 4. The van der Waals surface area contributed by atoms with Crippen molar-refractivity contribution in [2.24, 2.45) is 0 Å². The minimum Gasteiger partial charge on any atom is -0.266 e. The van der Waals surface area contributed by atoms with Gasteiger partial charge in [0.05, 0.1) is 4.90 Å². The van der Waals surface area contributed by atoms with E-state index in [9.17, 15) is 35.2 Å². The van der Waals surface area contributed by atoms with Crippen LogP contribution in [0, 0.1) is 25.5 Å². The van der Waals surface area contributed by atoms with Gasteiger partial charge < -0.3 is 0 Å². The lowest BCUT2D eigenvalue weighted by molar-refractivity contribution is -0.143. The number of halogens is 5. The first-order valence-electron chi connectivity index (χ1n) is 8.44. The van der Waals surface area contributed by atoms with E-state index in [1.807, 2.05) is 0 Å². The van der Waals surface area contributed by atoms with Crippen LogP contribution < -0.4 is 4.72 Å². The lowest BCUT2D eigenvalue weighted by atomic mass is 10.2. The van der Waals surface area contributed by atoms with Crippen LogP contribution in [0.3, 0.4) is 0 Å². The number of aryl methyl sites for hydroxylation is 2. The van der Waals surface area contributed by atoms with Crippen molar-refractivity contribution in [3.63, 3.8) is 0 Å². The lowest BCUT2D eigenvalue weighted by Gasteiger charge is -2.13. The van der Waals surface area contributed by atoms with Crippen molar-refractivity contribution in [3.05, 3.63) is 70.5 Å². The molecule has 7 nitrogen and oxygen atoms in total. The Hall–Kier alpha value is -3.35. The van der Waals surface area contributed by atoms with Gasteiger partial charge in [-0.1, -0.05) is 17.3 Å². The molecule has 0 saturated heterocycles. The Morgan fingerprint density at radius 3 is 2.35 bits per heavy atom. The Bertz CT molecular complexity index is 1290. The predicted octanol–water partition coefficient (Wildman–Crippen LogP) is 3.30. The maximum Gasteiger partial charge on any atom is 0.435 e. The van der Waals surface area contributed by atoms with Gasteiger partial charge in [-0.2, -0.15) is 13.2 Å². The number of carbonyl (C=O) groups excluding carboxylic acids is 1. The van der Waals surface area contributed by atoms with E-state index in [0.29, 0.717) is 23.8 Å². The van der Waals surface area contributed by atoms with Crippen molar-refractivity contribution >= 4 is 15.9 Å². The number of benzene rings is 2. The molecule has 0 saturated carbocycles. The van der Waals surface area contributed by atoms with E-state index in [1.165, 1.54) is 23.8 Å². The topological polar surface area (TPSA) is 93.9 Å². The molecule has 2 aromatic carbocycles. The van der Waals surface area contributed by atoms with Gasteiger partial charge in [0.15, 0.2) is 17.2 Å². The molecule has 0 spiro atoms. The van der Waals surface area contributed by atoms with Gasteiger partial charge in [0.2, 0.25) is 0 Å². The van der Waals surface area contributed by atoms with E-state index in [1.54, 1.807) is 13.0 Å². The summed E-state index contributed by atoms with van der Waals surface area (Å²) in [5.41, 5.74) is -3.28. The van der Waals surface area contributed by atoms with Crippen molar-refractivity contribution in [1.29, 1.82) is 0 Å². The van der Waals surface area contributed by atoms with Crippen molar-refractivity contribution in [2.45, 2.75) is 24.9 Å². The third kappa shape index (κ3) is 4.40. The molecule has 0 radical (unpaired) electrons. The molecule has 31 heavy (non-hydrogen) atoms. The van der Waals surface area contributed by atoms with Crippen molar-refractivity contribution in [2.75, 3.05) is 0 Å². The number of nitrogens with one attached hydrogen (secondary N) is 1. The van der Waals surface area contributed by atoms with Crippen molar-refractivity contribution in [3.8, 4) is 5.69 Å². The molecule has 0 atom stereocenters. The van der Waals surface area contributed by atoms with Crippen LogP contribution in [0.4, 0.5) is 22.0 Å². The zero-order valence-electron chi connectivity index (χ0n) is 15.8. The Labute approximate surface area is 172 Å². The Morgan fingerprint density at radius 1 is 1.06 bits per heavy atom. The number of hydrogen-bond donors (Lipinski definition) is 1. The van der Waals surface area contributed by atoms with E-state index < -0.39 is 50.8 Å². The smallest absolute Gasteiger partial charge is 0.266 e. The second-order valence-electron chi connectivity index (χ2n) is 6.50. The van der Waals surface area contributed by atoms with Crippen LogP contribution in [0.1, 0.15) is 27.3 Å². The summed E-state index contributed by atoms with van der Waals surface area (Å²) in [4.78, 5) is 12.1. The first-order valence-corrected chi connectivity index (χ1v) is 9.92. The molecule has 0 aliphatic carbocycles. The third-order valence-corrected chi connectivity index (χ3v) is 5.62. The summed E-state index contributed by atoms with van der Waals surface area (Å²) in [6, 6.07) is 5.99. The molecule has 0 fully saturated rings. The third-order valence-electron chi connectivity index (χ3n) is 4.15. The SMILES string of the molecule is Cc1ccc(C)c(S(=O)(=O)NC(=O)c2nnn(-c3ccc(F)cc3F)c2C(F)(F)F)c1.